The highest BCUT2D eigenvalue weighted by Crippen LogP contribution is 2.25. The van der Waals surface area contributed by atoms with E-state index in [1.165, 1.54) is 0 Å². The average molecular weight is 323 g/mol. The maximum Gasteiger partial charge on any atom is 0.306 e. The number of carboxylic acid groups (broad SMARTS) is 1. The van der Waals surface area contributed by atoms with Crippen molar-refractivity contribution in [3.8, 4) is 0 Å². The Hall–Kier alpha value is -1.92. The van der Waals surface area contributed by atoms with Crippen LogP contribution in [0.15, 0.2) is 4.52 Å². The quantitative estimate of drug-likeness (QED) is 0.830. The minimum absolute atomic E-state index is 0.0144. The Morgan fingerprint density at radius 2 is 2.09 bits per heavy atom. The van der Waals surface area contributed by atoms with E-state index in [0.29, 0.717) is 43.8 Å². The maximum atomic E-state index is 11.9. The molecular formula is C16H25N3O4. The highest BCUT2D eigenvalue weighted by Gasteiger charge is 2.30. The number of carbonyl (C=O) groups excluding carboxylic acids is 1. The fourth-order valence-corrected chi connectivity index (χ4v) is 2.70. The summed E-state index contributed by atoms with van der Waals surface area (Å²) in [5, 5.41) is 15.8. The number of rotatable bonds is 6. The summed E-state index contributed by atoms with van der Waals surface area (Å²) in [5.41, 5.74) is -0.151. The van der Waals surface area contributed by atoms with E-state index in [4.69, 9.17) is 9.63 Å². The second kappa shape index (κ2) is 7.10. The van der Waals surface area contributed by atoms with Crippen LogP contribution in [-0.4, -0.2) is 33.2 Å². The molecule has 0 aromatic carbocycles. The van der Waals surface area contributed by atoms with Crippen LogP contribution in [-0.2, 0) is 21.4 Å². The number of amides is 1. The van der Waals surface area contributed by atoms with Crippen molar-refractivity contribution in [3.63, 3.8) is 0 Å². The van der Waals surface area contributed by atoms with Crippen molar-refractivity contribution >= 4 is 11.9 Å². The van der Waals surface area contributed by atoms with Crippen molar-refractivity contribution in [2.24, 2.45) is 5.92 Å². The lowest BCUT2D eigenvalue weighted by atomic mass is 9.96. The van der Waals surface area contributed by atoms with Crippen molar-refractivity contribution in [1.29, 1.82) is 0 Å². The zero-order chi connectivity index (χ0) is 17.0. The Morgan fingerprint density at radius 3 is 2.65 bits per heavy atom. The van der Waals surface area contributed by atoms with E-state index in [-0.39, 0.29) is 23.3 Å². The van der Waals surface area contributed by atoms with Gasteiger partial charge >= 0.3 is 5.97 Å². The highest BCUT2D eigenvalue weighted by atomic mass is 16.5. The van der Waals surface area contributed by atoms with E-state index in [2.05, 4.69) is 15.5 Å². The molecule has 1 heterocycles. The van der Waals surface area contributed by atoms with Crippen LogP contribution in [0.5, 0.6) is 0 Å². The number of nitrogens with one attached hydrogen (secondary N) is 1. The molecule has 1 amide bonds. The zero-order valence-electron chi connectivity index (χ0n) is 14.0. The fraction of sp³-hybridized carbons (Fsp3) is 0.750. The molecule has 1 saturated carbocycles. The predicted octanol–water partition coefficient (Wildman–Crippen LogP) is 2.06. The van der Waals surface area contributed by atoms with Crippen molar-refractivity contribution in [3.05, 3.63) is 11.7 Å². The summed E-state index contributed by atoms with van der Waals surface area (Å²) < 4.78 is 5.19. The molecule has 23 heavy (non-hydrogen) atoms. The maximum absolute atomic E-state index is 11.9. The number of carbonyl (C=O) groups is 2. The molecule has 1 aromatic heterocycles. The summed E-state index contributed by atoms with van der Waals surface area (Å²) in [5.74, 6) is 0.0797. The molecule has 2 N–H and O–H groups in total. The standard InChI is InChI=1S/C16H25N3O4/c1-16(2,3)15-18-13(23-19-15)6-4-5-12(20)17-11-8-7-10(9-11)14(21)22/h10-11H,4-9H2,1-3H3,(H,17,20)(H,21,22)/t10-,11+/m1/s1. The molecule has 0 spiro atoms. The predicted molar refractivity (Wildman–Crippen MR) is 82.8 cm³/mol. The van der Waals surface area contributed by atoms with Gasteiger partial charge in [0.15, 0.2) is 5.82 Å². The Balaban J connectivity index is 1.69. The SMILES string of the molecule is CC(C)(C)c1noc(CCCC(=O)N[C@H]2CC[C@@H](C(=O)O)C2)n1. The van der Waals surface area contributed by atoms with Crippen LogP contribution in [0.1, 0.15) is 64.6 Å². The van der Waals surface area contributed by atoms with Crippen molar-refractivity contribution in [1.82, 2.24) is 15.5 Å². The fourth-order valence-electron chi connectivity index (χ4n) is 2.70. The monoisotopic (exact) mass is 323 g/mol. The smallest absolute Gasteiger partial charge is 0.306 e. The van der Waals surface area contributed by atoms with Gasteiger partial charge in [0.2, 0.25) is 11.8 Å². The van der Waals surface area contributed by atoms with Crippen LogP contribution in [0.4, 0.5) is 0 Å². The van der Waals surface area contributed by atoms with Crippen LogP contribution in [0.25, 0.3) is 0 Å². The molecule has 0 radical (unpaired) electrons. The zero-order valence-corrected chi connectivity index (χ0v) is 14.0. The second-order valence-corrected chi connectivity index (χ2v) is 7.23. The van der Waals surface area contributed by atoms with Crippen LogP contribution in [0.3, 0.4) is 0 Å². The van der Waals surface area contributed by atoms with Crippen LogP contribution < -0.4 is 5.32 Å². The summed E-state index contributed by atoms with van der Waals surface area (Å²) in [6.45, 7) is 6.04. The van der Waals surface area contributed by atoms with E-state index in [9.17, 15) is 9.59 Å². The third-order valence-electron chi connectivity index (χ3n) is 4.08. The van der Waals surface area contributed by atoms with Gasteiger partial charge < -0.3 is 14.9 Å². The lowest BCUT2D eigenvalue weighted by molar-refractivity contribution is -0.141. The molecule has 0 bridgehead atoms. The first kappa shape index (κ1) is 17.4. The van der Waals surface area contributed by atoms with E-state index in [1.807, 2.05) is 20.8 Å². The topological polar surface area (TPSA) is 105 Å². The van der Waals surface area contributed by atoms with Crippen LogP contribution in [0.2, 0.25) is 0 Å². The molecule has 2 atom stereocenters. The normalized spacial score (nSPS) is 21.3. The van der Waals surface area contributed by atoms with Gasteiger partial charge in [-0.05, 0) is 25.7 Å². The summed E-state index contributed by atoms with van der Waals surface area (Å²) in [6, 6.07) is -0.0144. The van der Waals surface area contributed by atoms with Gasteiger partial charge in [-0.25, -0.2) is 0 Å². The second-order valence-electron chi connectivity index (χ2n) is 7.23. The van der Waals surface area contributed by atoms with Gasteiger partial charge in [-0.15, -0.1) is 0 Å². The van der Waals surface area contributed by atoms with E-state index < -0.39 is 5.97 Å². The molecule has 1 aliphatic rings. The summed E-state index contributed by atoms with van der Waals surface area (Å²) in [6.07, 6.45) is 3.48. The molecule has 1 fully saturated rings. The Labute approximate surface area is 135 Å². The molecule has 7 nitrogen and oxygen atoms in total. The van der Waals surface area contributed by atoms with Crippen LogP contribution in [0, 0.1) is 5.92 Å². The lowest BCUT2D eigenvalue weighted by Crippen LogP contribution is -2.33. The van der Waals surface area contributed by atoms with E-state index in [0.717, 1.165) is 6.42 Å². The van der Waals surface area contributed by atoms with Crippen molar-refractivity contribution in [2.45, 2.75) is 70.8 Å². The van der Waals surface area contributed by atoms with Gasteiger partial charge in [-0.3, -0.25) is 9.59 Å². The number of aliphatic carboxylic acids is 1. The first-order valence-corrected chi connectivity index (χ1v) is 8.11. The molecule has 0 aliphatic heterocycles. The Kier molecular flexibility index (Phi) is 5.38. The highest BCUT2D eigenvalue weighted by molar-refractivity contribution is 5.76. The third-order valence-corrected chi connectivity index (χ3v) is 4.08. The summed E-state index contributed by atoms with van der Waals surface area (Å²) >= 11 is 0. The number of aryl methyl sites for hydroxylation is 1. The number of carboxylic acids is 1. The number of hydrogen-bond acceptors (Lipinski definition) is 5. The lowest BCUT2D eigenvalue weighted by Gasteiger charge is -2.12. The summed E-state index contributed by atoms with van der Waals surface area (Å²) in [4.78, 5) is 27.1. The number of hydrogen-bond donors (Lipinski definition) is 2. The molecule has 1 aromatic rings. The van der Waals surface area contributed by atoms with Gasteiger partial charge in [0.1, 0.15) is 0 Å². The first-order chi connectivity index (χ1) is 10.8. The molecule has 128 valence electrons. The van der Waals surface area contributed by atoms with Gasteiger partial charge in [-0.1, -0.05) is 25.9 Å². The Morgan fingerprint density at radius 1 is 1.35 bits per heavy atom. The molecular weight excluding hydrogens is 298 g/mol. The summed E-state index contributed by atoms with van der Waals surface area (Å²) in [7, 11) is 0. The van der Waals surface area contributed by atoms with E-state index >= 15 is 0 Å². The molecule has 2 rings (SSSR count). The van der Waals surface area contributed by atoms with Crippen LogP contribution >= 0.6 is 0 Å². The minimum atomic E-state index is -0.771. The molecule has 0 unspecified atom stereocenters. The number of aromatic nitrogens is 2. The van der Waals surface area contributed by atoms with Gasteiger partial charge in [0.25, 0.3) is 0 Å². The minimum Gasteiger partial charge on any atom is -0.481 e. The van der Waals surface area contributed by atoms with E-state index in [1.54, 1.807) is 0 Å². The molecule has 0 saturated heterocycles. The van der Waals surface area contributed by atoms with Gasteiger partial charge in [0.05, 0.1) is 5.92 Å². The largest absolute Gasteiger partial charge is 0.481 e. The third kappa shape index (κ3) is 5.04. The van der Waals surface area contributed by atoms with Crippen molar-refractivity contribution in [2.75, 3.05) is 0 Å². The van der Waals surface area contributed by atoms with Gasteiger partial charge in [-0.2, -0.15) is 4.98 Å². The van der Waals surface area contributed by atoms with Gasteiger partial charge in [0, 0.05) is 24.3 Å². The molecule has 1 aliphatic carbocycles. The van der Waals surface area contributed by atoms with Crippen molar-refractivity contribution < 1.29 is 19.2 Å². The Bertz CT molecular complexity index is 562. The average Bonchev–Trinajstić information content (AvgIpc) is 3.07. The molecule has 7 heteroatoms. The first-order valence-electron chi connectivity index (χ1n) is 8.11. The number of nitrogens with zero attached hydrogens (tertiary/aromatic N) is 2.